The SMILES string of the molecule is CC(=O)NCC(=O)C1[C@H](O)[C@@H](N)[C@H]([C@H](O)[C@H](O)CO)OC1(O)C(=O)O. The zero-order chi connectivity index (χ0) is 19.5. The molecule has 1 aliphatic rings. The number of carbonyl (C=O) groups excluding carboxylic acids is 2. The Labute approximate surface area is 141 Å². The summed E-state index contributed by atoms with van der Waals surface area (Å²) in [5.74, 6) is -9.07. The molecule has 144 valence electrons. The molecule has 0 aliphatic carbocycles. The summed E-state index contributed by atoms with van der Waals surface area (Å²) in [4.78, 5) is 34.5. The van der Waals surface area contributed by atoms with Crippen LogP contribution in [0.25, 0.3) is 0 Å². The van der Waals surface area contributed by atoms with Crippen LogP contribution in [0.1, 0.15) is 6.92 Å². The molecule has 25 heavy (non-hydrogen) atoms. The number of aliphatic hydroxyl groups is 5. The van der Waals surface area contributed by atoms with Crippen molar-refractivity contribution in [2.45, 2.75) is 43.2 Å². The second-order valence-electron chi connectivity index (χ2n) is 5.75. The highest BCUT2D eigenvalue weighted by Gasteiger charge is 2.61. The third-order valence-electron chi connectivity index (χ3n) is 3.94. The molecule has 0 aromatic rings. The van der Waals surface area contributed by atoms with E-state index in [2.05, 4.69) is 5.32 Å². The van der Waals surface area contributed by atoms with Crippen molar-refractivity contribution in [1.29, 1.82) is 0 Å². The quantitative estimate of drug-likeness (QED) is 0.213. The molecule has 12 heteroatoms. The Kier molecular flexibility index (Phi) is 6.96. The van der Waals surface area contributed by atoms with Gasteiger partial charge in [0.1, 0.15) is 24.2 Å². The monoisotopic (exact) mass is 366 g/mol. The molecule has 0 bridgehead atoms. The lowest BCUT2D eigenvalue weighted by Gasteiger charge is -2.47. The first-order chi connectivity index (χ1) is 11.5. The number of carboxylic acid groups (broad SMARTS) is 1. The normalized spacial score (nSPS) is 34.8. The maximum Gasteiger partial charge on any atom is 0.365 e. The molecular weight excluding hydrogens is 344 g/mol. The molecule has 12 nitrogen and oxygen atoms in total. The number of rotatable bonds is 7. The number of ketones is 1. The number of carbonyl (C=O) groups is 3. The van der Waals surface area contributed by atoms with Crippen LogP contribution in [0.15, 0.2) is 0 Å². The molecule has 1 rings (SSSR count). The van der Waals surface area contributed by atoms with Crippen LogP contribution in [0.2, 0.25) is 0 Å². The van der Waals surface area contributed by atoms with Crippen LogP contribution in [0, 0.1) is 5.92 Å². The number of aliphatic carboxylic acids is 1. The molecular formula is C13H22N2O10. The number of carboxylic acids is 1. The minimum Gasteiger partial charge on any atom is -0.477 e. The maximum absolute atomic E-state index is 12.2. The fourth-order valence-corrected chi connectivity index (χ4v) is 2.55. The van der Waals surface area contributed by atoms with Crippen LogP contribution in [0.4, 0.5) is 0 Å². The Balaban J connectivity index is 3.17. The minimum absolute atomic E-state index is 0.609. The Morgan fingerprint density at radius 2 is 1.88 bits per heavy atom. The Hall–Kier alpha value is -1.67. The third-order valence-corrected chi connectivity index (χ3v) is 3.94. The van der Waals surface area contributed by atoms with Gasteiger partial charge in [0.15, 0.2) is 5.78 Å². The van der Waals surface area contributed by atoms with Crippen LogP contribution < -0.4 is 11.1 Å². The molecule has 1 fully saturated rings. The smallest absolute Gasteiger partial charge is 0.365 e. The highest BCUT2D eigenvalue weighted by Crippen LogP contribution is 2.35. The van der Waals surface area contributed by atoms with Gasteiger partial charge in [0, 0.05) is 6.92 Å². The summed E-state index contributed by atoms with van der Waals surface area (Å²) in [6, 6.07) is -1.58. The average molecular weight is 366 g/mol. The molecule has 2 unspecified atom stereocenters. The summed E-state index contributed by atoms with van der Waals surface area (Å²) in [7, 11) is 0. The first-order valence-electron chi connectivity index (χ1n) is 7.28. The van der Waals surface area contributed by atoms with Gasteiger partial charge in [-0.1, -0.05) is 0 Å². The summed E-state index contributed by atoms with van der Waals surface area (Å²) in [6.07, 6.45) is -7.54. The number of amides is 1. The maximum atomic E-state index is 12.2. The van der Waals surface area contributed by atoms with Crippen molar-refractivity contribution >= 4 is 17.7 Å². The molecule has 7 atom stereocenters. The van der Waals surface area contributed by atoms with E-state index < -0.39 is 73.0 Å². The molecule has 0 spiro atoms. The van der Waals surface area contributed by atoms with Crippen LogP contribution in [0.5, 0.6) is 0 Å². The standard InChI is InChI=1S/C13H22N2O10/c1-4(17)15-2-5(18)7-10(21)8(14)11(9(20)6(19)3-16)25-13(7,24)12(22)23/h6-11,16,19-21,24H,2-3,14H2,1H3,(H,15,17)(H,22,23)/t6-,7?,8-,9-,10+,11-,13?/m1/s1. The van der Waals surface area contributed by atoms with Crippen molar-refractivity contribution in [3.63, 3.8) is 0 Å². The molecule has 9 N–H and O–H groups in total. The van der Waals surface area contributed by atoms with E-state index in [0.717, 1.165) is 6.92 Å². The van der Waals surface area contributed by atoms with Gasteiger partial charge in [-0.3, -0.25) is 9.59 Å². The van der Waals surface area contributed by atoms with Gasteiger partial charge in [-0.05, 0) is 0 Å². The largest absolute Gasteiger partial charge is 0.477 e. The van der Waals surface area contributed by atoms with Crippen LogP contribution in [0.3, 0.4) is 0 Å². The van der Waals surface area contributed by atoms with Crippen LogP contribution in [-0.4, -0.2) is 97.7 Å². The molecule has 1 aliphatic heterocycles. The van der Waals surface area contributed by atoms with Gasteiger partial charge >= 0.3 is 5.97 Å². The van der Waals surface area contributed by atoms with Gasteiger partial charge in [-0.25, -0.2) is 4.79 Å². The van der Waals surface area contributed by atoms with Gasteiger partial charge < -0.3 is 46.4 Å². The summed E-state index contributed by atoms with van der Waals surface area (Å²) in [5, 5.41) is 60.0. The first-order valence-corrected chi connectivity index (χ1v) is 7.28. The number of aliphatic hydroxyl groups excluding tert-OH is 4. The highest BCUT2D eigenvalue weighted by atomic mass is 16.7. The van der Waals surface area contributed by atoms with Gasteiger partial charge in [0.25, 0.3) is 5.79 Å². The predicted octanol–water partition coefficient (Wildman–Crippen LogP) is -5.12. The Morgan fingerprint density at radius 1 is 1.32 bits per heavy atom. The Bertz CT molecular complexity index is 529. The van der Waals surface area contributed by atoms with E-state index in [1.165, 1.54) is 0 Å². The summed E-state index contributed by atoms with van der Waals surface area (Å²) in [5.41, 5.74) is 5.65. The number of hydrogen-bond acceptors (Lipinski definition) is 10. The van der Waals surface area contributed by atoms with Crippen molar-refractivity contribution in [3.05, 3.63) is 0 Å². The van der Waals surface area contributed by atoms with E-state index in [1.54, 1.807) is 0 Å². The number of hydrogen-bond donors (Lipinski definition) is 8. The zero-order valence-electron chi connectivity index (χ0n) is 13.3. The summed E-state index contributed by atoms with van der Waals surface area (Å²) < 4.78 is 4.86. The van der Waals surface area contributed by atoms with Crippen molar-refractivity contribution in [2.24, 2.45) is 11.7 Å². The second-order valence-corrected chi connectivity index (χ2v) is 5.75. The van der Waals surface area contributed by atoms with E-state index in [9.17, 15) is 39.9 Å². The van der Waals surface area contributed by atoms with Crippen LogP contribution in [-0.2, 0) is 19.1 Å². The highest BCUT2D eigenvalue weighted by molar-refractivity contribution is 5.93. The molecule has 1 amide bonds. The van der Waals surface area contributed by atoms with Gasteiger partial charge in [-0.15, -0.1) is 0 Å². The number of nitrogens with one attached hydrogen (secondary N) is 1. The van der Waals surface area contributed by atoms with Crippen molar-refractivity contribution in [1.82, 2.24) is 5.32 Å². The zero-order valence-corrected chi connectivity index (χ0v) is 13.3. The molecule has 1 heterocycles. The number of ether oxygens (including phenoxy) is 1. The predicted molar refractivity (Wildman–Crippen MR) is 77.7 cm³/mol. The van der Waals surface area contributed by atoms with E-state index in [0.29, 0.717) is 0 Å². The molecule has 0 aromatic heterocycles. The van der Waals surface area contributed by atoms with Gasteiger partial charge in [0.05, 0.1) is 25.3 Å². The Morgan fingerprint density at radius 3 is 2.32 bits per heavy atom. The third kappa shape index (κ3) is 4.30. The van der Waals surface area contributed by atoms with E-state index in [1.807, 2.05) is 0 Å². The number of Topliss-reactive ketones (excluding diaryl/α,β-unsaturated/α-hetero) is 1. The lowest BCUT2D eigenvalue weighted by molar-refractivity contribution is -0.311. The fourth-order valence-electron chi connectivity index (χ4n) is 2.55. The summed E-state index contributed by atoms with van der Waals surface area (Å²) in [6.45, 7) is -0.533. The van der Waals surface area contributed by atoms with Gasteiger partial charge in [-0.2, -0.15) is 0 Å². The summed E-state index contributed by atoms with van der Waals surface area (Å²) >= 11 is 0. The van der Waals surface area contributed by atoms with Gasteiger partial charge in [0.2, 0.25) is 5.91 Å². The fraction of sp³-hybridized carbons (Fsp3) is 0.769. The average Bonchev–Trinajstić information content (AvgIpc) is 2.54. The van der Waals surface area contributed by atoms with Crippen molar-refractivity contribution in [3.8, 4) is 0 Å². The van der Waals surface area contributed by atoms with Crippen molar-refractivity contribution < 1.29 is 49.8 Å². The first kappa shape index (κ1) is 21.4. The van der Waals surface area contributed by atoms with E-state index >= 15 is 0 Å². The molecule has 0 radical (unpaired) electrons. The minimum atomic E-state index is -3.27. The topological polar surface area (TPSA) is 220 Å². The second kappa shape index (κ2) is 8.14. The number of nitrogens with two attached hydrogens (primary N) is 1. The van der Waals surface area contributed by atoms with E-state index in [-0.39, 0.29) is 0 Å². The molecule has 1 saturated heterocycles. The van der Waals surface area contributed by atoms with Crippen molar-refractivity contribution in [2.75, 3.05) is 13.2 Å². The molecule has 0 saturated carbocycles. The lowest BCUT2D eigenvalue weighted by atomic mass is 9.78. The van der Waals surface area contributed by atoms with E-state index in [4.69, 9.17) is 15.6 Å². The van der Waals surface area contributed by atoms with Crippen LogP contribution >= 0.6 is 0 Å². The lowest BCUT2D eigenvalue weighted by Crippen LogP contribution is -2.72. The molecule has 0 aromatic carbocycles.